The number of non-ortho nitro benzene ring substituents is 2. The van der Waals surface area contributed by atoms with Gasteiger partial charge in [0, 0.05) is 17.7 Å². The van der Waals surface area contributed by atoms with Gasteiger partial charge in [0.05, 0.1) is 35.7 Å². The molecule has 0 spiro atoms. The van der Waals surface area contributed by atoms with E-state index in [1.807, 2.05) is 0 Å². The van der Waals surface area contributed by atoms with E-state index in [1.54, 1.807) is 44.6 Å². The fourth-order valence-electron chi connectivity index (χ4n) is 7.57. The summed E-state index contributed by atoms with van der Waals surface area (Å²) >= 11 is 0. The third-order valence-electron chi connectivity index (χ3n) is 10.6. The van der Waals surface area contributed by atoms with E-state index in [-0.39, 0.29) is 12.0 Å². The lowest BCUT2D eigenvalue weighted by Gasteiger charge is -2.25. The van der Waals surface area contributed by atoms with Crippen molar-refractivity contribution in [3.8, 4) is 11.5 Å². The second-order valence-corrected chi connectivity index (χ2v) is 14.4. The average Bonchev–Trinajstić information content (AvgIpc) is 3.24. The topological polar surface area (TPSA) is 160 Å². The standard InChI is InChI=1S/C15H11N3O7.2C15H22O/c19-9-25-15(10-4-2-1-3-5-10)16-14(20)11-6-12(17(21)22)8-13(7-11)18(23)24;2*1-3-4-6-12-9-10-14-13(11-12)7-5-8-15(14)16-2/h1-9,15H,(H,16,20);2*5,7-8,12H,3-4,6,9-11H2,1-2H3/t15-;12-;/m10./s1. The number of nitro groups is 2. The van der Waals surface area contributed by atoms with Crippen LogP contribution in [0.25, 0.3) is 0 Å². The van der Waals surface area contributed by atoms with Crippen molar-refractivity contribution in [2.45, 2.75) is 97.1 Å². The van der Waals surface area contributed by atoms with E-state index >= 15 is 0 Å². The summed E-state index contributed by atoms with van der Waals surface area (Å²) in [5, 5.41) is 24.1. The molecule has 0 aliphatic heterocycles. The van der Waals surface area contributed by atoms with E-state index in [4.69, 9.17) is 14.2 Å². The van der Waals surface area contributed by atoms with Crippen molar-refractivity contribution < 1.29 is 33.6 Å². The van der Waals surface area contributed by atoms with Crippen molar-refractivity contribution in [2.75, 3.05) is 14.2 Å². The summed E-state index contributed by atoms with van der Waals surface area (Å²) in [6.45, 7) is 4.69. The lowest BCUT2D eigenvalue weighted by atomic mass is 9.81. The molecule has 1 amide bonds. The van der Waals surface area contributed by atoms with Gasteiger partial charge in [-0.3, -0.25) is 29.8 Å². The average molecular weight is 782 g/mol. The fraction of sp³-hybridized carbons (Fsp3) is 0.422. The highest BCUT2D eigenvalue weighted by Crippen LogP contribution is 2.35. The minimum Gasteiger partial charge on any atom is -0.496 e. The number of unbranched alkanes of at least 4 members (excludes halogenated alkanes) is 2. The molecule has 0 saturated heterocycles. The quantitative estimate of drug-likeness (QED) is 0.0536. The largest absolute Gasteiger partial charge is 0.496 e. The maximum absolute atomic E-state index is 12.3. The maximum Gasteiger partial charge on any atom is 0.295 e. The lowest BCUT2D eigenvalue weighted by molar-refractivity contribution is -0.394. The zero-order valence-corrected chi connectivity index (χ0v) is 33.4. The normalized spacial score (nSPS) is 15.7. The highest BCUT2D eigenvalue weighted by molar-refractivity contribution is 5.95. The van der Waals surface area contributed by atoms with Crippen LogP contribution in [0.4, 0.5) is 11.4 Å². The summed E-state index contributed by atoms with van der Waals surface area (Å²) in [4.78, 5) is 43.0. The van der Waals surface area contributed by atoms with E-state index in [2.05, 4.69) is 55.6 Å². The number of rotatable bonds is 15. The number of fused-ring (bicyclic) bond motifs is 2. The van der Waals surface area contributed by atoms with Crippen LogP contribution >= 0.6 is 0 Å². The minimum atomic E-state index is -1.15. The molecule has 2 aliphatic carbocycles. The summed E-state index contributed by atoms with van der Waals surface area (Å²) in [7, 11) is 3.55. The molecule has 0 fully saturated rings. The number of nitro benzene ring substituents is 2. The first-order valence-electron chi connectivity index (χ1n) is 19.8. The molecule has 0 radical (unpaired) electrons. The van der Waals surface area contributed by atoms with Crippen LogP contribution < -0.4 is 14.8 Å². The van der Waals surface area contributed by atoms with Crippen molar-refractivity contribution in [1.82, 2.24) is 5.32 Å². The van der Waals surface area contributed by atoms with Gasteiger partial charge in [0.25, 0.3) is 23.8 Å². The Bertz CT molecular complexity index is 1830. The van der Waals surface area contributed by atoms with Crippen LogP contribution in [0.2, 0.25) is 0 Å². The molecule has 0 saturated carbocycles. The van der Waals surface area contributed by atoms with Crippen LogP contribution in [0.15, 0.2) is 84.9 Å². The summed E-state index contributed by atoms with van der Waals surface area (Å²) < 4.78 is 15.7. The van der Waals surface area contributed by atoms with Crippen molar-refractivity contribution >= 4 is 23.8 Å². The highest BCUT2D eigenvalue weighted by Gasteiger charge is 2.24. The minimum absolute atomic E-state index is 0.133. The molecule has 304 valence electrons. The monoisotopic (exact) mass is 781 g/mol. The fourth-order valence-corrected chi connectivity index (χ4v) is 7.57. The van der Waals surface area contributed by atoms with E-state index in [9.17, 15) is 29.8 Å². The van der Waals surface area contributed by atoms with E-state index in [1.165, 1.54) is 99.3 Å². The van der Waals surface area contributed by atoms with Crippen LogP contribution in [-0.2, 0) is 35.2 Å². The number of hydrogen-bond acceptors (Lipinski definition) is 9. The van der Waals surface area contributed by atoms with Crippen LogP contribution in [0.1, 0.15) is 110 Å². The highest BCUT2D eigenvalue weighted by atomic mass is 16.6. The number of carbonyl (C=O) groups excluding carboxylic acids is 2. The Morgan fingerprint density at radius 1 is 0.754 bits per heavy atom. The van der Waals surface area contributed by atoms with Gasteiger partial charge in [-0.1, -0.05) is 107 Å². The number of amides is 1. The second kappa shape index (κ2) is 22.7. The van der Waals surface area contributed by atoms with Gasteiger partial charge in [-0.05, 0) is 84.7 Å². The molecule has 3 atom stereocenters. The predicted molar refractivity (Wildman–Crippen MR) is 220 cm³/mol. The summed E-state index contributed by atoms with van der Waals surface area (Å²) in [6, 6.07) is 23.7. The van der Waals surface area contributed by atoms with Crippen molar-refractivity contribution in [2.24, 2.45) is 11.8 Å². The second-order valence-electron chi connectivity index (χ2n) is 14.4. The van der Waals surface area contributed by atoms with Gasteiger partial charge in [0.2, 0.25) is 6.23 Å². The third kappa shape index (κ3) is 12.9. The lowest BCUT2D eigenvalue weighted by Crippen LogP contribution is -2.30. The molecule has 12 heteroatoms. The van der Waals surface area contributed by atoms with E-state index < -0.39 is 33.4 Å². The number of carbonyl (C=O) groups is 2. The maximum atomic E-state index is 12.3. The number of methoxy groups -OCH3 is 2. The molecular formula is C45H55N3O9. The summed E-state index contributed by atoms with van der Waals surface area (Å²) in [5.41, 5.74) is 4.88. The Hall–Kier alpha value is -5.78. The number of benzene rings is 4. The Morgan fingerprint density at radius 2 is 1.25 bits per heavy atom. The van der Waals surface area contributed by atoms with Crippen LogP contribution in [0.3, 0.4) is 0 Å². The molecule has 0 aromatic heterocycles. The Morgan fingerprint density at radius 3 is 1.67 bits per heavy atom. The molecule has 6 rings (SSSR count). The molecular weight excluding hydrogens is 727 g/mol. The van der Waals surface area contributed by atoms with Crippen LogP contribution in [-0.4, -0.2) is 36.4 Å². The Labute approximate surface area is 335 Å². The number of hydrogen-bond donors (Lipinski definition) is 1. The van der Waals surface area contributed by atoms with E-state index in [0.29, 0.717) is 5.56 Å². The number of nitrogens with zero attached hydrogens (tertiary/aromatic N) is 2. The van der Waals surface area contributed by atoms with Gasteiger partial charge in [0.1, 0.15) is 11.5 Å². The Kier molecular flexibility index (Phi) is 17.5. The van der Waals surface area contributed by atoms with Crippen molar-refractivity contribution in [3.63, 3.8) is 0 Å². The van der Waals surface area contributed by atoms with Gasteiger partial charge >= 0.3 is 0 Å². The van der Waals surface area contributed by atoms with Gasteiger partial charge in [0.15, 0.2) is 0 Å². The molecule has 12 nitrogen and oxygen atoms in total. The molecule has 0 bridgehead atoms. The van der Waals surface area contributed by atoms with Gasteiger partial charge in [-0.2, -0.15) is 0 Å². The van der Waals surface area contributed by atoms with Crippen molar-refractivity contribution in [3.05, 3.63) is 139 Å². The van der Waals surface area contributed by atoms with Crippen LogP contribution in [0, 0.1) is 32.1 Å². The molecule has 4 aromatic rings. The summed E-state index contributed by atoms with van der Waals surface area (Å²) in [5.74, 6) is 3.11. The Balaban J connectivity index is 0.000000197. The zero-order chi connectivity index (χ0) is 41.2. The van der Waals surface area contributed by atoms with Gasteiger partial charge in [-0.15, -0.1) is 0 Å². The van der Waals surface area contributed by atoms with Gasteiger partial charge < -0.3 is 19.5 Å². The molecule has 1 N–H and O–H groups in total. The molecule has 4 aromatic carbocycles. The molecule has 57 heavy (non-hydrogen) atoms. The summed E-state index contributed by atoms with van der Waals surface area (Å²) in [6.07, 6.45) is 14.6. The first-order valence-corrected chi connectivity index (χ1v) is 19.8. The zero-order valence-electron chi connectivity index (χ0n) is 33.4. The first-order chi connectivity index (χ1) is 27.6. The van der Waals surface area contributed by atoms with Crippen LogP contribution in [0.5, 0.6) is 11.5 Å². The number of ether oxygens (including phenoxy) is 3. The molecule has 0 heterocycles. The number of nitrogens with one attached hydrogen (secondary N) is 1. The predicted octanol–water partition coefficient (Wildman–Crippen LogP) is 10.1. The smallest absolute Gasteiger partial charge is 0.295 e. The van der Waals surface area contributed by atoms with Gasteiger partial charge in [-0.25, -0.2) is 0 Å². The first kappa shape index (κ1) is 43.9. The SMILES string of the molecule is CCCCC1CCc2c(cccc2OC)C1.CCCC[C@H]1CCc2c(cccc2OC)C1.O=CO[C@@H](NC(=O)c1cc([N+](=O)[O-])cc([N+](=O)[O-])c1)c1ccccc1. The van der Waals surface area contributed by atoms with E-state index in [0.717, 1.165) is 41.5 Å². The molecule has 2 aliphatic rings. The third-order valence-corrected chi connectivity index (χ3v) is 10.6. The van der Waals surface area contributed by atoms with Crippen molar-refractivity contribution in [1.29, 1.82) is 0 Å². The molecule has 1 unspecified atom stereocenters.